The molecule has 11 heteroatoms. The molecule has 0 radical (unpaired) electrons. The van der Waals surface area contributed by atoms with E-state index in [9.17, 15) is 8.42 Å². The van der Waals surface area contributed by atoms with Crippen LogP contribution >= 0.6 is 0 Å². The Balaban J connectivity index is 1.26. The van der Waals surface area contributed by atoms with Gasteiger partial charge in [-0.2, -0.15) is 4.98 Å². The van der Waals surface area contributed by atoms with Crippen LogP contribution in [0.15, 0.2) is 53.6 Å². The minimum atomic E-state index is -3.67. The number of fused-ring (bicyclic) bond motifs is 2. The molecule has 0 spiro atoms. The van der Waals surface area contributed by atoms with Gasteiger partial charge in [-0.05, 0) is 88.7 Å². The minimum Gasteiger partial charge on any atom is -0.492 e. The predicted molar refractivity (Wildman–Crippen MR) is 150 cm³/mol. The van der Waals surface area contributed by atoms with Gasteiger partial charge in [-0.25, -0.2) is 18.1 Å². The van der Waals surface area contributed by atoms with Crippen LogP contribution in [0.2, 0.25) is 0 Å². The van der Waals surface area contributed by atoms with Gasteiger partial charge in [-0.3, -0.25) is 4.90 Å². The fourth-order valence-electron chi connectivity index (χ4n) is 4.50. The van der Waals surface area contributed by atoms with Crippen LogP contribution in [0, 0.1) is 0 Å². The van der Waals surface area contributed by atoms with Gasteiger partial charge in [0.2, 0.25) is 16.0 Å². The van der Waals surface area contributed by atoms with Crippen molar-refractivity contribution in [3.63, 3.8) is 0 Å². The highest BCUT2D eigenvalue weighted by molar-refractivity contribution is 7.89. The maximum atomic E-state index is 12.9. The minimum absolute atomic E-state index is 0.192. The Morgan fingerprint density at radius 3 is 2.55 bits per heavy atom. The third-order valence-electron chi connectivity index (χ3n) is 6.33. The molecule has 2 aliphatic rings. The predicted octanol–water partition coefficient (Wildman–Crippen LogP) is 4.44. The Hall–Kier alpha value is -3.41. The number of likely N-dealkylation sites (tertiary alicyclic amines) is 1. The van der Waals surface area contributed by atoms with Gasteiger partial charge in [-0.1, -0.05) is 6.07 Å². The van der Waals surface area contributed by atoms with E-state index in [4.69, 9.17) is 4.74 Å². The van der Waals surface area contributed by atoms with Crippen molar-refractivity contribution in [3.05, 3.63) is 54.2 Å². The lowest BCUT2D eigenvalue weighted by Crippen LogP contribution is -2.40. The summed E-state index contributed by atoms with van der Waals surface area (Å²) in [7, 11) is -3.67. The highest BCUT2D eigenvalue weighted by Gasteiger charge is 2.24. The first kappa shape index (κ1) is 26.2. The average Bonchev–Trinajstić information content (AvgIpc) is 3.30. The first-order valence-corrected chi connectivity index (χ1v) is 14.4. The average molecular weight is 538 g/mol. The van der Waals surface area contributed by atoms with E-state index in [1.165, 1.54) is 12.8 Å². The number of benzene rings is 2. The summed E-state index contributed by atoms with van der Waals surface area (Å²) >= 11 is 0. The molecule has 0 saturated carbocycles. The zero-order valence-electron chi connectivity index (χ0n) is 22.0. The van der Waals surface area contributed by atoms with Crippen molar-refractivity contribution in [2.45, 2.75) is 50.6 Å². The van der Waals surface area contributed by atoms with E-state index in [0.717, 1.165) is 42.3 Å². The lowest BCUT2D eigenvalue weighted by atomic mass is 10.1. The molecule has 38 heavy (non-hydrogen) atoms. The number of nitrogens with one attached hydrogen (secondary N) is 4. The summed E-state index contributed by atoms with van der Waals surface area (Å²) < 4.78 is 34.3. The zero-order valence-corrected chi connectivity index (χ0v) is 22.9. The van der Waals surface area contributed by atoms with Gasteiger partial charge in [0, 0.05) is 30.0 Å². The van der Waals surface area contributed by atoms with Crippen molar-refractivity contribution in [3.8, 4) is 5.75 Å². The molecule has 2 aliphatic heterocycles. The number of sulfonamides is 1. The summed E-state index contributed by atoms with van der Waals surface area (Å²) in [5.74, 6) is 1.80. The normalized spacial score (nSPS) is 15.6. The van der Waals surface area contributed by atoms with Crippen LogP contribution in [-0.2, 0) is 16.6 Å². The first-order valence-electron chi connectivity index (χ1n) is 12.9. The first-order chi connectivity index (χ1) is 18.1. The van der Waals surface area contributed by atoms with Gasteiger partial charge in [0.05, 0.1) is 16.8 Å². The molecule has 2 aromatic carbocycles. The molecule has 3 aromatic rings. The number of hydrogen-bond acceptors (Lipinski definition) is 9. The van der Waals surface area contributed by atoms with Crippen molar-refractivity contribution < 1.29 is 13.2 Å². The Kier molecular flexibility index (Phi) is 7.42. The van der Waals surface area contributed by atoms with Crippen LogP contribution < -0.4 is 25.4 Å². The van der Waals surface area contributed by atoms with E-state index in [1.54, 1.807) is 24.4 Å². The Labute approximate surface area is 224 Å². The molecule has 0 atom stereocenters. The zero-order chi connectivity index (χ0) is 26.8. The van der Waals surface area contributed by atoms with Crippen molar-refractivity contribution in [1.82, 2.24) is 19.6 Å². The van der Waals surface area contributed by atoms with Crippen molar-refractivity contribution in [2.75, 3.05) is 42.2 Å². The third kappa shape index (κ3) is 6.53. The monoisotopic (exact) mass is 537 g/mol. The summed E-state index contributed by atoms with van der Waals surface area (Å²) in [5, 5.41) is 9.83. The molecule has 0 unspecified atom stereocenters. The Bertz CT molecular complexity index is 1380. The molecule has 0 aliphatic carbocycles. The number of anilines is 5. The summed E-state index contributed by atoms with van der Waals surface area (Å²) in [6, 6.07) is 12.8. The standard InChI is InChI=1S/C27H35N7O3S/c1-27(2,3)33-38(35,36)22-11-6-19-17-28-24-18-29-26(32-25(24)31-23(19)16-22)30-20-7-9-21(10-8-20)37-15-14-34-12-4-5-13-34/h6-11,16,18,28,33H,4-5,12-15,17H2,1-3H3,(H2,29,30,31,32). The number of hydrogen-bond donors (Lipinski definition) is 4. The summed E-state index contributed by atoms with van der Waals surface area (Å²) in [5.41, 5.74) is 2.57. The van der Waals surface area contributed by atoms with Crippen molar-refractivity contribution in [2.24, 2.45) is 0 Å². The second-order valence-electron chi connectivity index (χ2n) is 10.7. The Morgan fingerprint density at radius 2 is 1.82 bits per heavy atom. The molecule has 5 rings (SSSR count). The van der Waals surface area contributed by atoms with Gasteiger partial charge in [0.25, 0.3) is 0 Å². The van der Waals surface area contributed by atoms with Crippen LogP contribution in [0.3, 0.4) is 0 Å². The molecule has 202 valence electrons. The highest BCUT2D eigenvalue weighted by Crippen LogP contribution is 2.33. The van der Waals surface area contributed by atoms with Crippen molar-refractivity contribution in [1.29, 1.82) is 0 Å². The summed E-state index contributed by atoms with van der Waals surface area (Å²) in [4.78, 5) is 11.7. The number of nitrogens with zero attached hydrogens (tertiary/aromatic N) is 3. The SMILES string of the molecule is CC(C)(C)NS(=O)(=O)c1ccc2c(c1)Nc1nc(Nc3ccc(OCCN4CCCC4)cc3)ncc1NC2. The largest absolute Gasteiger partial charge is 0.492 e. The highest BCUT2D eigenvalue weighted by atomic mass is 32.2. The molecule has 4 N–H and O–H groups in total. The van der Waals surface area contributed by atoms with Crippen LogP contribution in [0.1, 0.15) is 39.2 Å². The van der Waals surface area contributed by atoms with Crippen molar-refractivity contribution >= 4 is 38.9 Å². The molecule has 0 amide bonds. The molecular formula is C27H35N7O3S. The van der Waals surface area contributed by atoms with E-state index in [1.807, 2.05) is 45.0 Å². The molecule has 1 saturated heterocycles. The Morgan fingerprint density at radius 1 is 1.05 bits per heavy atom. The maximum Gasteiger partial charge on any atom is 0.241 e. The number of rotatable bonds is 8. The number of ether oxygens (including phenoxy) is 1. The third-order valence-corrected chi connectivity index (χ3v) is 8.08. The second-order valence-corrected chi connectivity index (χ2v) is 12.3. The van der Waals surface area contributed by atoms with E-state index in [0.29, 0.717) is 30.6 Å². The summed E-state index contributed by atoms with van der Waals surface area (Å²) in [6.07, 6.45) is 4.26. The van der Waals surface area contributed by atoms with Gasteiger partial charge in [-0.15, -0.1) is 0 Å². The van der Waals surface area contributed by atoms with Crippen LogP contribution in [-0.4, -0.2) is 55.1 Å². The molecular weight excluding hydrogens is 502 g/mol. The van der Waals surface area contributed by atoms with Gasteiger partial charge < -0.3 is 20.7 Å². The molecule has 1 fully saturated rings. The van der Waals surface area contributed by atoms with Gasteiger partial charge >= 0.3 is 0 Å². The molecule has 3 heterocycles. The summed E-state index contributed by atoms with van der Waals surface area (Å²) in [6.45, 7) is 9.91. The fraction of sp³-hybridized carbons (Fsp3) is 0.407. The lowest BCUT2D eigenvalue weighted by molar-refractivity contribution is 0.238. The van der Waals surface area contributed by atoms with E-state index in [2.05, 4.69) is 35.5 Å². The smallest absolute Gasteiger partial charge is 0.241 e. The molecule has 0 bridgehead atoms. The van der Waals surface area contributed by atoms with E-state index in [-0.39, 0.29) is 4.90 Å². The molecule has 10 nitrogen and oxygen atoms in total. The fourth-order valence-corrected chi connectivity index (χ4v) is 5.95. The van der Waals surface area contributed by atoms with Gasteiger partial charge in [0.1, 0.15) is 12.4 Å². The van der Waals surface area contributed by atoms with Gasteiger partial charge in [0.15, 0.2) is 5.82 Å². The number of aromatic nitrogens is 2. The van der Waals surface area contributed by atoms with E-state index >= 15 is 0 Å². The lowest BCUT2D eigenvalue weighted by Gasteiger charge is -2.21. The van der Waals surface area contributed by atoms with E-state index < -0.39 is 15.6 Å². The van der Waals surface area contributed by atoms with Crippen LogP contribution in [0.4, 0.5) is 28.8 Å². The van der Waals surface area contributed by atoms with Crippen LogP contribution in [0.5, 0.6) is 5.75 Å². The van der Waals surface area contributed by atoms with Crippen LogP contribution in [0.25, 0.3) is 0 Å². The second kappa shape index (κ2) is 10.8. The quantitative estimate of drug-likeness (QED) is 0.330. The maximum absolute atomic E-state index is 12.9. The topological polar surface area (TPSA) is 121 Å². The molecule has 1 aromatic heterocycles.